The molecule has 2 aliphatic heterocycles. The van der Waals surface area contributed by atoms with E-state index in [2.05, 4.69) is 9.88 Å². The summed E-state index contributed by atoms with van der Waals surface area (Å²) in [6.07, 6.45) is 2.27. The molecular formula is C20H20N4O3. The van der Waals surface area contributed by atoms with E-state index >= 15 is 0 Å². The predicted molar refractivity (Wildman–Crippen MR) is 101 cm³/mol. The highest BCUT2D eigenvalue weighted by molar-refractivity contribution is 6.19. The molecule has 0 aliphatic carbocycles. The van der Waals surface area contributed by atoms with Gasteiger partial charge in [-0.3, -0.25) is 19.3 Å². The van der Waals surface area contributed by atoms with E-state index in [1.807, 2.05) is 23.1 Å². The lowest BCUT2D eigenvalue weighted by atomic mass is 10.1. The van der Waals surface area contributed by atoms with Gasteiger partial charge in [-0.2, -0.15) is 0 Å². The zero-order valence-electron chi connectivity index (χ0n) is 14.9. The topological polar surface area (TPSA) is 73.8 Å². The van der Waals surface area contributed by atoms with Crippen molar-refractivity contribution in [2.24, 2.45) is 0 Å². The minimum Gasteiger partial charge on any atom is -0.353 e. The molecule has 4 rings (SSSR count). The Morgan fingerprint density at radius 1 is 0.852 bits per heavy atom. The number of rotatable bonds is 3. The minimum atomic E-state index is -0.190. The third-order valence-electron chi connectivity index (χ3n) is 4.96. The molecular weight excluding hydrogens is 344 g/mol. The Kier molecular flexibility index (Phi) is 4.58. The number of piperazine rings is 1. The van der Waals surface area contributed by atoms with Gasteiger partial charge in [-0.05, 0) is 36.4 Å². The van der Waals surface area contributed by atoms with Crippen LogP contribution >= 0.6 is 0 Å². The maximum absolute atomic E-state index is 12.7. The van der Waals surface area contributed by atoms with Crippen LogP contribution in [0.3, 0.4) is 0 Å². The SMILES string of the molecule is O=C(c1ccc(N2C(=O)CCC2=O)cc1)N1CCN(c2ccccn2)CC1. The van der Waals surface area contributed by atoms with Crippen LogP contribution in [-0.2, 0) is 9.59 Å². The number of aromatic nitrogens is 1. The summed E-state index contributed by atoms with van der Waals surface area (Å²) in [6.45, 7) is 2.72. The Hall–Kier alpha value is -3.22. The zero-order valence-corrected chi connectivity index (χ0v) is 14.9. The number of nitrogens with zero attached hydrogens (tertiary/aromatic N) is 4. The minimum absolute atomic E-state index is 0.0405. The van der Waals surface area contributed by atoms with Crippen LogP contribution < -0.4 is 9.80 Å². The van der Waals surface area contributed by atoms with Crippen LogP contribution in [0.15, 0.2) is 48.7 Å². The number of imide groups is 1. The van der Waals surface area contributed by atoms with Crippen molar-refractivity contribution in [3.63, 3.8) is 0 Å². The molecule has 0 bridgehead atoms. The van der Waals surface area contributed by atoms with E-state index in [-0.39, 0.29) is 30.6 Å². The van der Waals surface area contributed by atoms with Gasteiger partial charge in [-0.25, -0.2) is 4.98 Å². The lowest BCUT2D eigenvalue weighted by Gasteiger charge is -2.35. The monoisotopic (exact) mass is 364 g/mol. The van der Waals surface area contributed by atoms with E-state index in [4.69, 9.17) is 0 Å². The highest BCUT2D eigenvalue weighted by Crippen LogP contribution is 2.23. The number of hydrogen-bond acceptors (Lipinski definition) is 5. The second-order valence-corrected chi connectivity index (χ2v) is 6.64. The lowest BCUT2D eigenvalue weighted by Crippen LogP contribution is -2.49. The molecule has 0 unspecified atom stereocenters. The van der Waals surface area contributed by atoms with E-state index in [1.165, 1.54) is 4.90 Å². The number of carbonyl (C=O) groups excluding carboxylic acids is 3. The highest BCUT2D eigenvalue weighted by Gasteiger charge is 2.30. The Morgan fingerprint density at radius 3 is 2.11 bits per heavy atom. The number of pyridine rings is 1. The molecule has 2 aliphatic rings. The predicted octanol–water partition coefficient (Wildman–Crippen LogP) is 1.70. The van der Waals surface area contributed by atoms with E-state index in [0.717, 1.165) is 18.9 Å². The van der Waals surface area contributed by atoms with Gasteiger partial charge in [0, 0.05) is 50.8 Å². The molecule has 138 valence electrons. The second kappa shape index (κ2) is 7.19. The first-order valence-corrected chi connectivity index (χ1v) is 9.04. The molecule has 1 aromatic heterocycles. The highest BCUT2D eigenvalue weighted by atomic mass is 16.2. The van der Waals surface area contributed by atoms with Gasteiger partial charge in [0.05, 0.1) is 5.69 Å². The van der Waals surface area contributed by atoms with Gasteiger partial charge in [0.15, 0.2) is 0 Å². The van der Waals surface area contributed by atoms with Gasteiger partial charge in [0.25, 0.3) is 5.91 Å². The summed E-state index contributed by atoms with van der Waals surface area (Å²) >= 11 is 0. The zero-order chi connectivity index (χ0) is 18.8. The summed E-state index contributed by atoms with van der Waals surface area (Å²) in [5.74, 6) is 0.504. The third-order valence-corrected chi connectivity index (χ3v) is 4.96. The average molecular weight is 364 g/mol. The van der Waals surface area contributed by atoms with Crippen LogP contribution in [0.5, 0.6) is 0 Å². The summed E-state index contributed by atoms with van der Waals surface area (Å²) in [5.41, 5.74) is 1.09. The molecule has 1 aromatic carbocycles. The van der Waals surface area contributed by atoms with Crippen molar-refractivity contribution in [1.29, 1.82) is 0 Å². The van der Waals surface area contributed by atoms with Crippen molar-refractivity contribution < 1.29 is 14.4 Å². The molecule has 3 heterocycles. The van der Waals surface area contributed by atoms with Crippen molar-refractivity contribution in [3.8, 4) is 0 Å². The van der Waals surface area contributed by atoms with Crippen molar-refractivity contribution >= 4 is 29.2 Å². The second-order valence-electron chi connectivity index (χ2n) is 6.64. The standard InChI is InChI=1S/C20H20N4O3/c25-18-8-9-19(26)24(18)16-6-4-15(5-7-16)20(27)23-13-11-22(12-14-23)17-3-1-2-10-21-17/h1-7,10H,8-9,11-14H2. The number of anilines is 2. The van der Waals surface area contributed by atoms with Gasteiger partial charge >= 0.3 is 0 Å². The van der Waals surface area contributed by atoms with Crippen LogP contribution in [0.1, 0.15) is 23.2 Å². The Morgan fingerprint density at radius 2 is 1.52 bits per heavy atom. The molecule has 0 radical (unpaired) electrons. The van der Waals surface area contributed by atoms with Gasteiger partial charge in [0.1, 0.15) is 5.82 Å². The summed E-state index contributed by atoms with van der Waals surface area (Å²) < 4.78 is 0. The molecule has 3 amide bonds. The Bertz CT molecular complexity index is 843. The molecule has 0 N–H and O–H groups in total. The number of hydrogen-bond donors (Lipinski definition) is 0. The molecule has 2 aromatic rings. The summed E-state index contributed by atoms with van der Waals surface area (Å²) in [4.78, 5) is 45.9. The summed E-state index contributed by atoms with van der Waals surface area (Å²) in [5, 5.41) is 0. The fraction of sp³-hybridized carbons (Fsp3) is 0.300. The Labute approximate surface area is 157 Å². The molecule has 0 saturated carbocycles. The van der Waals surface area contributed by atoms with Crippen molar-refractivity contribution in [2.45, 2.75) is 12.8 Å². The van der Waals surface area contributed by atoms with Crippen LogP contribution in [0.2, 0.25) is 0 Å². The van der Waals surface area contributed by atoms with Crippen LogP contribution in [-0.4, -0.2) is 53.8 Å². The number of amides is 3. The fourth-order valence-electron chi connectivity index (χ4n) is 3.48. The molecule has 0 atom stereocenters. The first-order valence-electron chi connectivity index (χ1n) is 9.04. The summed E-state index contributed by atoms with van der Waals surface area (Å²) in [6, 6.07) is 12.5. The Balaban J connectivity index is 1.40. The van der Waals surface area contributed by atoms with Gasteiger partial charge in [-0.1, -0.05) is 6.07 Å². The first kappa shape index (κ1) is 17.2. The van der Waals surface area contributed by atoms with E-state index in [1.54, 1.807) is 30.5 Å². The van der Waals surface area contributed by atoms with Crippen molar-refractivity contribution in [3.05, 3.63) is 54.2 Å². The van der Waals surface area contributed by atoms with Crippen LogP contribution in [0.4, 0.5) is 11.5 Å². The molecule has 0 spiro atoms. The van der Waals surface area contributed by atoms with E-state index in [0.29, 0.717) is 24.3 Å². The fourth-order valence-corrected chi connectivity index (χ4v) is 3.48. The maximum atomic E-state index is 12.7. The van der Waals surface area contributed by atoms with Crippen molar-refractivity contribution in [2.75, 3.05) is 36.0 Å². The van der Waals surface area contributed by atoms with Gasteiger partial charge < -0.3 is 9.80 Å². The van der Waals surface area contributed by atoms with Crippen LogP contribution in [0, 0.1) is 0 Å². The lowest BCUT2D eigenvalue weighted by molar-refractivity contribution is -0.121. The molecule has 2 fully saturated rings. The van der Waals surface area contributed by atoms with E-state index < -0.39 is 0 Å². The average Bonchev–Trinajstić information content (AvgIpc) is 3.06. The third kappa shape index (κ3) is 3.40. The number of carbonyl (C=O) groups is 3. The summed E-state index contributed by atoms with van der Waals surface area (Å²) in [7, 11) is 0. The largest absolute Gasteiger partial charge is 0.353 e. The molecule has 2 saturated heterocycles. The normalized spacial score (nSPS) is 17.6. The van der Waals surface area contributed by atoms with Gasteiger partial charge in [-0.15, -0.1) is 0 Å². The van der Waals surface area contributed by atoms with Crippen molar-refractivity contribution in [1.82, 2.24) is 9.88 Å². The maximum Gasteiger partial charge on any atom is 0.253 e. The molecule has 7 nitrogen and oxygen atoms in total. The smallest absolute Gasteiger partial charge is 0.253 e. The first-order chi connectivity index (χ1) is 13.1. The van der Waals surface area contributed by atoms with E-state index in [9.17, 15) is 14.4 Å². The van der Waals surface area contributed by atoms with Crippen LogP contribution in [0.25, 0.3) is 0 Å². The number of benzene rings is 1. The molecule has 27 heavy (non-hydrogen) atoms. The molecule has 7 heteroatoms. The van der Waals surface area contributed by atoms with Gasteiger partial charge in [0.2, 0.25) is 11.8 Å². The quantitative estimate of drug-likeness (QED) is 0.775.